The number of fused-ring (bicyclic) bond motifs is 1. The van der Waals surface area contributed by atoms with Crippen molar-refractivity contribution in [3.05, 3.63) is 34.9 Å². The summed E-state index contributed by atoms with van der Waals surface area (Å²) in [5.41, 5.74) is 5.06. The van der Waals surface area contributed by atoms with E-state index in [1.165, 1.54) is 63.9 Å². The summed E-state index contributed by atoms with van der Waals surface area (Å²) in [6.45, 7) is 8.18. The quantitative estimate of drug-likeness (QED) is 0.290. The monoisotopic (exact) mass is 468 g/mol. The van der Waals surface area contributed by atoms with Crippen LogP contribution in [-0.4, -0.2) is 22.8 Å². The van der Waals surface area contributed by atoms with Crippen LogP contribution in [0.1, 0.15) is 124 Å². The molecule has 4 rings (SSSR count). The van der Waals surface area contributed by atoms with Crippen molar-refractivity contribution < 1.29 is 14.6 Å². The maximum atomic E-state index is 11.4. The second kappa shape index (κ2) is 10.3. The Morgan fingerprint density at radius 3 is 2.68 bits per heavy atom. The third-order valence-corrected chi connectivity index (χ3v) is 9.95. The average molecular weight is 469 g/mol. The van der Waals surface area contributed by atoms with Crippen molar-refractivity contribution in [3.8, 4) is 0 Å². The first-order chi connectivity index (χ1) is 16.2. The van der Waals surface area contributed by atoms with Gasteiger partial charge in [0.1, 0.15) is 6.10 Å². The highest BCUT2D eigenvalue weighted by molar-refractivity contribution is 5.66. The maximum Gasteiger partial charge on any atom is 0.302 e. The lowest BCUT2D eigenvalue weighted by Gasteiger charge is -2.52. The fourth-order valence-corrected chi connectivity index (χ4v) is 7.65. The van der Waals surface area contributed by atoms with Crippen molar-refractivity contribution in [2.45, 2.75) is 136 Å². The maximum absolute atomic E-state index is 11.4. The van der Waals surface area contributed by atoms with Crippen LogP contribution >= 0.6 is 0 Å². The minimum Gasteiger partial charge on any atom is -0.462 e. The Morgan fingerprint density at radius 2 is 2.00 bits per heavy atom. The number of rotatable bonds is 8. The predicted octanol–water partition coefficient (Wildman–Crippen LogP) is 7.98. The molecule has 0 aliphatic heterocycles. The largest absolute Gasteiger partial charge is 0.462 e. The van der Waals surface area contributed by atoms with E-state index in [1.807, 2.05) is 6.92 Å². The van der Waals surface area contributed by atoms with E-state index in [4.69, 9.17) is 4.74 Å². The number of ether oxygens (including phenoxy) is 1. The molecule has 4 atom stereocenters. The highest BCUT2D eigenvalue weighted by atomic mass is 16.5. The smallest absolute Gasteiger partial charge is 0.302 e. The van der Waals surface area contributed by atoms with Gasteiger partial charge in [-0.3, -0.25) is 4.79 Å². The number of carbonyl (C=O) groups is 1. The molecule has 190 valence electrons. The molecule has 3 nitrogen and oxygen atoms in total. The summed E-state index contributed by atoms with van der Waals surface area (Å²) in [4.78, 5) is 11.4. The van der Waals surface area contributed by atoms with E-state index in [0.717, 1.165) is 44.9 Å². The van der Waals surface area contributed by atoms with Gasteiger partial charge in [-0.1, -0.05) is 55.2 Å². The Hall–Kier alpha value is -1.35. The molecule has 0 radical (unpaired) electrons. The molecule has 0 amide bonds. The second-order valence-corrected chi connectivity index (χ2v) is 12.4. The van der Waals surface area contributed by atoms with Crippen LogP contribution in [0.25, 0.3) is 0 Å². The second-order valence-electron chi connectivity index (χ2n) is 12.4. The van der Waals surface area contributed by atoms with Crippen LogP contribution in [0.4, 0.5) is 0 Å². The summed E-state index contributed by atoms with van der Waals surface area (Å²) in [7, 11) is 0. The highest BCUT2D eigenvalue weighted by Crippen LogP contribution is 2.65. The Labute approximate surface area is 208 Å². The number of hydrogen-bond donors (Lipinski definition) is 1. The van der Waals surface area contributed by atoms with Gasteiger partial charge in [0.2, 0.25) is 0 Å². The number of hydrogen-bond acceptors (Lipinski definition) is 3. The topological polar surface area (TPSA) is 46.5 Å². The fourth-order valence-electron chi connectivity index (χ4n) is 7.65. The van der Waals surface area contributed by atoms with Crippen LogP contribution < -0.4 is 0 Å². The average Bonchev–Trinajstić information content (AvgIpc) is 3.11. The van der Waals surface area contributed by atoms with Gasteiger partial charge in [-0.15, -0.1) is 0 Å². The Kier molecular flexibility index (Phi) is 7.82. The first-order valence-corrected chi connectivity index (χ1v) is 14.2. The van der Waals surface area contributed by atoms with Crippen LogP contribution in [0.5, 0.6) is 0 Å². The molecular formula is C31H48O3. The Bertz CT molecular complexity index is 841. The van der Waals surface area contributed by atoms with E-state index in [2.05, 4.69) is 32.1 Å². The van der Waals surface area contributed by atoms with Gasteiger partial charge in [-0.05, 0) is 107 Å². The predicted molar refractivity (Wildman–Crippen MR) is 139 cm³/mol. The molecular weight excluding hydrogens is 420 g/mol. The van der Waals surface area contributed by atoms with Crippen LogP contribution in [0, 0.1) is 16.7 Å². The summed E-state index contributed by atoms with van der Waals surface area (Å²) >= 11 is 0. The standard InChI is InChI=1S/C31H48O3/c1-5-29(3,33)17-8-19-31(20-9-21-31)28-16-15-27-25(11-7-18-30(27,28)4)14-13-24-10-6-12-26(22-24)34-23(2)32/h13-14,16,26-27,33H,5-12,15,17-22H2,1-4H3/b24-13-,25-14+/t26-,27?,29?,30-/m0/s1. The van der Waals surface area contributed by atoms with Crippen molar-refractivity contribution >= 4 is 5.97 Å². The summed E-state index contributed by atoms with van der Waals surface area (Å²) in [5, 5.41) is 10.5. The molecule has 0 heterocycles. The summed E-state index contributed by atoms with van der Waals surface area (Å²) in [5.74, 6) is 0.498. The van der Waals surface area contributed by atoms with Gasteiger partial charge in [0.05, 0.1) is 5.60 Å². The molecule has 0 saturated heterocycles. The lowest BCUT2D eigenvalue weighted by atomic mass is 9.52. The zero-order valence-corrected chi connectivity index (χ0v) is 22.3. The van der Waals surface area contributed by atoms with E-state index in [1.54, 1.807) is 11.1 Å². The summed E-state index contributed by atoms with van der Waals surface area (Å²) < 4.78 is 5.50. The van der Waals surface area contributed by atoms with Crippen LogP contribution in [0.15, 0.2) is 34.9 Å². The van der Waals surface area contributed by atoms with Gasteiger partial charge >= 0.3 is 5.97 Å². The lowest BCUT2D eigenvalue weighted by molar-refractivity contribution is -0.147. The third-order valence-electron chi connectivity index (χ3n) is 9.95. The van der Waals surface area contributed by atoms with Gasteiger partial charge in [-0.25, -0.2) is 0 Å². The van der Waals surface area contributed by atoms with E-state index in [0.29, 0.717) is 16.7 Å². The normalized spacial score (nSPS) is 34.8. The molecule has 0 aromatic rings. The van der Waals surface area contributed by atoms with Crippen LogP contribution in [-0.2, 0) is 9.53 Å². The van der Waals surface area contributed by atoms with Gasteiger partial charge in [0.15, 0.2) is 0 Å². The van der Waals surface area contributed by atoms with E-state index < -0.39 is 5.60 Å². The molecule has 2 unspecified atom stereocenters. The number of aliphatic hydroxyl groups is 1. The molecule has 1 N–H and O–H groups in total. The van der Waals surface area contributed by atoms with Gasteiger partial charge in [-0.2, -0.15) is 0 Å². The number of esters is 1. The van der Waals surface area contributed by atoms with Gasteiger partial charge in [0.25, 0.3) is 0 Å². The van der Waals surface area contributed by atoms with Crippen molar-refractivity contribution in [2.24, 2.45) is 16.7 Å². The molecule has 3 fully saturated rings. The van der Waals surface area contributed by atoms with E-state index in [9.17, 15) is 9.90 Å². The molecule has 3 saturated carbocycles. The van der Waals surface area contributed by atoms with Crippen LogP contribution in [0.3, 0.4) is 0 Å². The molecule has 4 aliphatic rings. The minimum atomic E-state index is -0.511. The zero-order valence-electron chi connectivity index (χ0n) is 22.3. The molecule has 0 spiro atoms. The minimum absolute atomic E-state index is 0.0687. The van der Waals surface area contributed by atoms with Crippen LogP contribution in [0.2, 0.25) is 0 Å². The van der Waals surface area contributed by atoms with E-state index >= 15 is 0 Å². The summed E-state index contributed by atoms with van der Waals surface area (Å²) in [6, 6.07) is 0. The number of allylic oxidation sites excluding steroid dienone is 5. The van der Waals surface area contributed by atoms with Crippen molar-refractivity contribution in [1.29, 1.82) is 0 Å². The van der Waals surface area contributed by atoms with E-state index in [-0.39, 0.29) is 12.1 Å². The first-order valence-electron chi connectivity index (χ1n) is 14.2. The lowest BCUT2D eigenvalue weighted by Crippen LogP contribution is -2.41. The van der Waals surface area contributed by atoms with Crippen molar-refractivity contribution in [3.63, 3.8) is 0 Å². The summed E-state index contributed by atoms with van der Waals surface area (Å²) in [6.07, 6.45) is 24.9. The first kappa shape index (κ1) is 25.7. The van der Waals surface area contributed by atoms with Crippen molar-refractivity contribution in [1.82, 2.24) is 0 Å². The van der Waals surface area contributed by atoms with Gasteiger partial charge < -0.3 is 9.84 Å². The molecule has 0 aromatic heterocycles. The molecule has 3 heteroatoms. The third kappa shape index (κ3) is 5.40. The fraction of sp³-hybridized carbons (Fsp3) is 0.774. The van der Waals surface area contributed by atoms with Gasteiger partial charge in [0, 0.05) is 13.3 Å². The molecule has 34 heavy (non-hydrogen) atoms. The van der Waals surface area contributed by atoms with Crippen molar-refractivity contribution in [2.75, 3.05) is 0 Å². The molecule has 4 aliphatic carbocycles. The number of carbonyl (C=O) groups excluding carboxylic acids is 1. The molecule has 0 bridgehead atoms. The Morgan fingerprint density at radius 1 is 1.21 bits per heavy atom. The SMILES string of the molecule is CCC(C)(O)CCCC1(C2=CCC3/C(=C/C=C4/CCC[C@H](OC(C)=O)C4)CCC[C@]23C)CCC1. The highest BCUT2D eigenvalue weighted by Gasteiger charge is 2.53. The zero-order chi connectivity index (χ0) is 24.4. The Balaban J connectivity index is 1.45. The molecule has 0 aromatic carbocycles.